The Kier molecular flexibility index (Phi) is 3.89. The van der Waals surface area contributed by atoms with Crippen molar-refractivity contribution in [1.29, 1.82) is 0 Å². The Morgan fingerprint density at radius 3 is 2.71 bits per heavy atom. The minimum Gasteiger partial charge on any atom is -0.399 e. The number of carbonyl (C=O) groups excluding carboxylic acids is 1. The van der Waals surface area contributed by atoms with Gasteiger partial charge in [-0.3, -0.25) is 0 Å². The zero-order chi connectivity index (χ0) is 12.3. The minimum absolute atomic E-state index is 0.151. The van der Waals surface area contributed by atoms with Gasteiger partial charge in [0.15, 0.2) is 0 Å². The van der Waals surface area contributed by atoms with Crippen LogP contribution in [0.2, 0.25) is 0 Å². The van der Waals surface area contributed by atoms with Gasteiger partial charge in [-0.05, 0) is 47.0 Å². The maximum absolute atomic E-state index is 11.7. The van der Waals surface area contributed by atoms with Crippen LogP contribution >= 0.6 is 15.9 Å². The first-order chi connectivity index (χ1) is 8.15. The predicted molar refractivity (Wildman–Crippen MR) is 73.0 cm³/mol. The third kappa shape index (κ3) is 3.36. The van der Waals surface area contributed by atoms with Crippen LogP contribution in [0.1, 0.15) is 25.7 Å². The molecule has 0 saturated heterocycles. The molecule has 5 heteroatoms. The second-order valence-electron chi connectivity index (χ2n) is 4.32. The van der Waals surface area contributed by atoms with Crippen molar-refractivity contribution < 1.29 is 4.79 Å². The molecule has 2 rings (SSSR count). The smallest absolute Gasteiger partial charge is 0.319 e. The molecule has 17 heavy (non-hydrogen) atoms. The highest BCUT2D eigenvalue weighted by Gasteiger charge is 2.17. The summed E-state index contributed by atoms with van der Waals surface area (Å²) in [5.41, 5.74) is 7.03. The van der Waals surface area contributed by atoms with E-state index in [-0.39, 0.29) is 6.03 Å². The molecule has 2 amide bonds. The molecule has 0 atom stereocenters. The van der Waals surface area contributed by atoms with Gasteiger partial charge in [0.05, 0.1) is 5.69 Å². The van der Waals surface area contributed by atoms with Crippen LogP contribution in [0.15, 0.2) is 22.7 Å². The Hall–Kier alpha value is -1.23. The van der Waals surface area contributed by atoms with Crippen molar-refractivity contribution in [3.05, 3.63) is 22.7 Å². The van der Waals surface area contributed by atoms with Crippen LogP contribution in [-0.2, 0) is 0 Å². The molecule has 0 bridgehead atoms. The summed E-state index contributed by atoms with van der Waals surface area (Å²) in [5.74, 6) is 0. The maximum atomic E-state index is 11.7. The van der Waals surface area contributed by atoms with Gasteiger partial charge < -0.3 is 16.4 Å². The highest BCUT2D eigenvalue weighted by molar-refractivity contribution is 9.10. The Morgan fingerprint density at radius 2 is 2.06 bits per heavy atom. The molecule has 1 aromatic rings. The molecule has 0 heterocycles. The molecule has 4 N–H and O–H groups in total. The average Bonchev–Trinajstić information content (AvgIpc) is 2.75. The van der Waals surface area contributed by atoms with E-state index in [1.165, 1.54) is 12.8 Å². The highest BCUT2D eigenvalue weighted by atomic mass is 79.9. The topological polar surface area (TPSA) is 67.1 Å². The van der Waals surface area contributed by atoms with Gasteiger partial charge in [-0.1, -0.05) is 12.8 Å². The Labute approximate surface area is 109 Å². The molecule has 1 saturated carbocycles. The summed E-state index contributed by atoms with van der Waals surface area (Å²) in [4.78, 5) is 11.7. The maximum Gasteiger partial charge on any atom is 0.319 e. The van der Waals surface area contributed by atoms with E-state index in [0.717, 1.165) is 23.0 Å². The molecule has 0 unspecified atom stereocenters. The minimum atomic E-state index is -0.151. The van der Waals surface area contributed by atoms with Crippen LogP contribution in [0.25, 0.3) is 0 Å². The average molecular weight is 298 g/mol. The first kappa shape index (κ1) is 12.2. The van der Waals surface area contributed by atoms with E-state index >= 15 is 0 Å². The van der Waals surface area contributed by atoms with Crippen molar-refractivity contribution >= 4 is 33.3 Å². The number of benzene rings is 1. The summed E-state index contributed by atoms with van der Waals surface area (Å²) < 4.78 is 0.791. The molecule has 0 aromatic heterocycles. The third-order valence-electron chi connectivity index (χ3n) is 2.93. The Balaban J connectivity index is 1.93. The van der Waals surface area contributed by atoms with Crippen LogP contribution in [0.4, 0.5) is 16.2 Å². The Morgan fingerprint density at radius 1 is 1.35 bits per heavy atom. The lowest BCUT2D eigenvalue weighted by atomic mass is 10.2. The number of carbonyl (C=O) groups is 1. The van der Waals surface area contributed by atoms with E-state index in [9.17, 15) is 4.79 Å². The number of hydrogen-bond donors (Lipinski definition) is 3. The largest absolute Gasteiger partial charge is 0.399 e. The lowest BCUT2D eigenvalue weighted by molar-refractivity contribution is 0.248. The zero-order valence-electron chi connectivity index (χ0n) is 9.50. The van der Waals surface area contributed by atoms with Gasteiger partial charge in [0, 0.05) is 16.2 Å². The van der Waals surface area contributed by atoms with Crippen LogP contribution in [0.5, 0.6) is 0 Å². The first-order valence-corrected chi connectivity index (χ1v) is 6.57. The lowest BCUT2D eigenvalue weighted by Gasteiger charge is -2.13. The SMILES string of the molecule is Nc1ccc(NC(=O)NC2CCCC2)c(Br)c1. The van der Waals surface area contributed by atoms with Crippen LogP contribution < -0.4 is 16.4 Å². The molecule has 1 aliphatic carbocycles. The normalized spacial score (nSPS) is 15.8. The number of urea groups is 1. The highest BCUT2D eigenvalue weighted by Crippen LogP contribution is 2.24. The number of halogens is 1. The van der Waals surface area contributed by atoms with Crippen molar-refractivity contribution in [2.24, 2.45) is 0 Å². The van der Waals surface area contributed by atoms with Gasteiger partial charge in [-0.25, -0.2) is 4.79 Å². The summed E-state index contributed by atoms with van der Waals surface area (Å²) in [7, 11) is 0. The predicted octanol–water partition coefficient (Wildman–Crippen LogP) is 3.10. The fourth-order valence-electron chi connectivity index (χ4n) is 2.05. The van der Waals surface area contributed by atoms with Gasteiger partial charge in [0.2, 0.25) is 0 Å². The number of amides is 2. The van der Waals surface area contributed by atoms with Crippen LogP contribution in [0.3, 0.4) is 0 Å². The standard InChI is InChI=1S/C12H16BrN3O/c13-10-7-8(14)5-6-11(10)16-12(17)15-9-3-1-2-4-9/h5-7,9H,1-4,14H2,(H2,15,16,17). The second-order valence-corrected chi connectivity index (χ2v) is 5.17. The molecule has 0 aliphatic heterocycles. The molecule has 0 spiro atoms. The Bertz CT molecular complexity index is 416. The molecule has 4 nitrogen and oxygen atoms in total. The van der Waals surface area contributed by atoms with E-state index in [1.807, 2.05) is 0 Å². The van der Waals surface area contributed by atoms with Gasteiger partial charge in [0.1, 0.15) is 0 Å². The molecular weight excluding hydrogens is 282 g/mol. The molecular formula is C12H16BrN3O. The van der Waals surface area contributed by atoms with Gasteiger partial charge in [-0.15, -0.1) is 0 Å². The molecule has 92 valence electrons. The van der Waals surface area contributed by atoms with Crippen molar-refractivity contribution in [2.75, 3.05) is 11.1 Å². The fourth-order valence-corrected chi connectivity index (χ4v) is 2.54. The lowest BCUT2D eigenvalue weighted by Crippen LogP contribution is -2.36. The molecule has 1 aliphatic rings. The van der Waals surface area contributed by atoms with E-state index in [2.05, 4.69) is 26.6 Å². The number of nitrogens with one attached hydrogen (secondary N) is 2. The number of nitrogen functional groups attached to an aromatic ring is 1. The number of nitrogens with two attached hydrogens (primary N) is 1. The monoisotopic (exact) mass is 297 g/mol. The zero-order valence-corrected chi connectivity index (χ0v) is 11.1. The number of rotatable bonds is 2. The van der Waals surface area contributed by atoms with Crippen molar-refractivity contribution in [3.63, 3.8) is 0 Å². The molecule has 1 aromatic carbocycles. The van der Waals surface area contributed by atoms with Crippen LogP contribution in [0, 0.1) is 0 Å². The third-order valence-corrected chi connectivity index (χ3v) is 3.59. The van der Waals surface area contributed by atoms with Gasteiger partial charge in [0.25, 0.3) is 0 Å². The second kappa shape index (κ2) is 5.40. The summed E-state index contributed by atoms with van der Waals surface area (Å²) in [6.45, 7) is 0. The van der Waals surface area contributed by atoms with Crippen molar-refractivity contribution in [3.8, 4) is 0 Å². The van der Waals surface area contributed by atoms with Gasteiger partial charge in [-0.2, -0.15) is 0 Å². The van der Waals surface area contributed by atoms with Gasteiger partial charge >= 0.3 is 6.03 Å². The fraction of sp³-hybridized carbons (Fsp3) is 0.417. The van der Waals surface area contributed by atoms with Crippen LogP contribution in [-0.4, -0.2) is 12.1 Å². The first-order valence-electron chi connectivity index (χ1n) is 5.77. The number of hydrogen-bond acceptors (Lipinski definition) is 2. The van der Waals surface area contributed by atoms with Crippen molar-refractivity contribution in [1.82, 2.24) is 5.32 Å². The quantitative estimate of drug-likeness (QED) is 0.734. The van der Waals surface area contributed by atoms with Crippen molar-refractivity contribution in [2.45, 2.75) is 31.7 Å². The van der Waals surface area contributed by atoms with E-state index in [0.29, 0.717) is 11.7 Å². The van der Waals surface area contributed by atoms with E-state index in [4.69, 9.17) is 5.73 Å². The number of anilines is 2. The van der Waals surface area contributed by atoms with E-state index in [1.54, 1.807) is 18.2 Å². The summed E-state index contributed by atoms with van der Waals surface area (Å²) >= 11 is 3.37. The van der Waals surface area contributed by atoms with E-state index < -0.39 is 0 Å². The summed E-state index contributed by atoms with van der Waals surface area (Å²) in [6.07, 6.45) is 4.57. The molecule has 0 radical (unpaired) electrons. The molecule has 1 fully saturated rings. The summed E-state index contributed by atoms with van der Waals surface area (Å²) in [6, 6.07) is 5.49. The summed E-state index contributed by atoms with van der Waals surface area (Å²) in [5, 5.41) is 5.78.